The molecule has 8 heteroatoms. The molecule has 0 spiro atoms. The van der Waals surface area contributed by atoms with E-state index in [0.29, 0.717) is 0 Å². The lowest BCUT2D eigenvalue weighted by molar-refractivity contribution is -0.126. The molecule has 1 aromatic rings. The molecule has 2 rings (SSSR count). The molecule has 0 atom stereocenters. The molecular weight excluding hydrogens is 284 g/mol. The maximum atomic E-state index is 11.7. The van der Waals surface area contributed by atoms with Crippen LogP contribution in [0.25, 0.3) is 0 Å². The molecule has 0 aliphatic heterocycles. The van der Waals surface area contributed by atoms with Gasteiger partial charge >= 0.3 is 0 Å². The lowest BCUT2D eigenvalue weighted by Crippen LogP contribution is -2.35. The summed E-state index contributed by atoms with van der Waals surface area (Å²) >= 11 is 0. The van der Waals surface area contributed by atoms with Crippen LogP contribution in [0.2, 0.25) is 0 Å². The summed E-state index contributed by atoms with van der Waals surface area (Å²) in [5.41, 5.74) is 0.249. The highest BCUT2D eigenvalue weighted by Gasteiger charge is 2.19. The number of carbonyl (C=O) groups excluding carboxylic acids is 1. The first-order chi connectivity index (χ1) is 9.55. The van der Waals surface area contributed by atoms with E-state index in [1.807, 2.05) is 4.72 Å². The van der Waals surface area contributed by atoms with Gasteiger partial charge in [0.25, 0.3) is 5.91 Å². The van der Waals surface area contributed by atoms with Gasteiger partial charge in [-0.1, -0.05) is 24.4 Å². The van der Waals surface area contributed by atoms with Crippen LogP contribution < -0.4 is 4.72 Å². The normalized spacial score (nSPS) is 17.0. The van der Waals surface area contributed by atoms with Crippen molar-refractivity contribution in [2.75, 3.05) is 6.61 Å². The van der Waals surface area contributed by atoms with Crippen LogP contribution in [0.5, 0.6) is 0 Å². The van der Waals surface area contributed by atoms with E-state index in [-0.39, 0.29) is 18.4 Å². The van der Waals surface area contributed by atoms with Crippen LogP contribution in [0, 0.1) is 0 Å². The molecule has 7 nitrogen and oxygen atoms in total. The number of ether oxygens (including phenoxy) is 1. The lowest BCUT2D eigenvalue weighted by atomic mass is 9.98. The summed E-state index contributed by atoms with van der Waals surface area (Å²) in [6.45, 7) is -0.233. The maximum absolute atomic E-state index is 11.7. The number of sulfonamides is 1. The van der Waals surface area contributed by atoms with Gasteiger partial charge in [-0.25, -0.2) is 8.42 Å². The molecule has 0 saturated heterocycles. The molecular formula is C12H18N2O5S. The van der Waals surface area contributed by atoms with E-state index in [0.717, 1.165) is 25.7 Å². The largest absolute Gasteiger partial charge is 0.368 e. The standard InChI is InChI=1S/C12H18N2O5S/c15-12(8-18-11-4-2-1-3-5-11)14-20(16,17)9-10-6-7-19-13-10/h6-7,11H,1-5,8-9H2,(H,14,15). The maximum Gasteiger partial charge on any atom is 0.259 e. The molecule has 1 amide bonds. The third-order valence-electron chi connectivity index (χ3n) is 3.10. The first-order valence-corrected chi connectivity index (χ1v) is 8.24. The van der Waals surface area contributed by atoms with Crippen LogP contribution in [-0.4, -0.2) is 32.2 Å². The van der Waals surface area contributed by atoms with Gasteiger partial charge in [-0.3, -0.25) is 9.52 Å². The second-order valence-electron chi connectivity index (χ2n) is 4.85. The molecule has 1 fully saturated rings. The van der Waals surface area contributed by atoms with Gasteiger partial charge in [-0.2, -0.15) is 0 Å². The summed E-state index contributed by atoms with van der Waals surface area (Å²) in [5, 5.41) is 3.49. The minimum atomic E-state index is -3.76. The fourth-order valence-corrected chi connectivity index (χ4v) is 3.19. The summed E-state index contributed by atoms with van der Waals surface area (Å²) in [6.07, 6.45) is 6.58. The Labute approximate surface area is 117 Å². The van der Waals surface area contributed by atoms with E-state index in [9.17, 15) is 13.2 Å². The summed E-state index contributed by atoms with van der Waals surface area (Å²) in [6, 6.07) is 1.43. The van der Waals surface area contributed by atoms with Crippen molar-refractivity contribution in [1.82, 2.24) is 9.88 Å². The average Bonchev–Trinajstić information content (AvgIpc) is 2.89. The van der Waals surface area contributed by atoms with Crippen molar-refractivity contribution in [3.63, 3.8) is 0 Å². The minimum absolute atomic E-state index is 0.0627. The second-order valence-corrected chi connectivity index (χ2v) is 6.57. The van der Waals surface area contributed by atoms with Crippen LogP contribution in [-0.2, 0) is 25.3 Å². The van der Waals surface area contributed by atoms with Crippen LogP contribution >= 0.6 is 0 Å². The first-order valence-electron chi connectivity index (χ1n) is 6.59. The predicted octanol–water partition coefficient (Wildman–Crippen LogP) is 0.970. The van der Waals surface area contributed by atoms with Crippen molar-refractivity contribution in [3.05, 3.63) is 18.0 Å². The molecule has 1 N–H and O–H groups in total. The Bertz CT molecular complexity index is 520. The number of nitrogens with zero attached hydrogens (tertiary/aromatic N) is 1. The van der Waals surface area contributed by atoms with Gasteiger partial charge in [0.15, 0.2) is 0 Å². The smallest absolute Gasteiger partial charge is 0.259 e. The van der Waals surface area contributed by atoms with Crippen molar-refractivity contribution >= 4 is 15.9 Å². The first kappa shape index (κ1) is 15.0. The van der Waals surface area contributed by atoms with E-state index in [4.69, 9.17) is 4.74 Å². The molecule has 1 heterocycles. The van der Waals surface area contributed by atoms with Gasteiger partial charge < -0.3 is 9.26 Å². The van der Waals surface area contributed by atoms with E-state index in [2.05, 4.69) is 9.68 Å². The number of aromatic nitrogens is 1. The fourth-order valence-electron chi connectivity index (χ4n) is 2.17. The summed E-state index contributed by atoms with van der Waals surface area (Å²) in [4.78, 5) is 11.6. The SMILES string of the molecule is O=C(COC1CCCCC1)NS(=O)(=O)Cc1ccon1. The van der Waals surface area contributed by atoms with Crippen molar-refractivity contribution in [2.24, 2.45) is 0 Å². The number of hydrogen-bond acceptors (Lipinski definition) is 6. The van der Waals surface area contributed by atoms with Crippen LogP contribution in [0.4, 0.5) is 0 Å². The van der Waals surface area contributed by atoms with E-state index in [1.54, 1.807) is 0 Å². The predicted molar refractivity (Wildman–Crippen MR) is 70.1 cm³/mol. The molecule has 1 aromatic heterocycles. The van der Waals surface area contributed by atoms with Crippen LogP contribution in [0.1, 0.15) is 37.8 Å². The zero-order valence-corrected chi connectivity index (χ0v) is 11.9. The number of rotatable bonds is 6. The van der Waals surface area contributed by atoms with Gasteiger partial charge in [-0.05, 0) is 12.8 Å². The summed E-state index contributed by atoms with van der Waals surface area (Å²) in [7, 11) is -3.76. The summed E-state index contributed by atoms with van der Waals surface area (Å²) < 4.78 is 35.3. The molecule has 1 aliphatic carbocycles. The Morgan fingerprint density at radius 3 is 2.80 bits per heavy atom. The van der Waals surface area contributed by atoms with Gasteiger partial charge in [0, 0.05) is 6.07 Å². The minimum Gasteiger partial charge on any atom is -0.368 e. The van der Waals surface area contributed by atoms with Crippen molar-refractivity contribution in [3.8, 4) is 0 Å². The van der Waals surface area contributed by atoms with Gasteiger partial charge in [0.05, 0.1) is 6.10 Å². The number of hydrogen-bond donors (Lipinski definition) is 1. The molecule has 112 valence electrons. The highest BCUT2D eigenvalue weighted by Crippen LogP contribution is 2.19. The Balaban J connectivity index is 1.75. The Hall–Kier alpha value is -1.41. The van der Waals surface area contributed by atoms with E-state index >= 15 is 0 Å². The quantitative estimate of drug-likeness (QED) is 0.840. The Kier molecular flexibility index (Phi) is 5.13. The molecule has 1 saturated carbocycles. The average molecular weight is 302 g/mol. The van der Waals surface area contributed by atoms with Crippen molar-refractivity contribution < 1.29 is 22.5 Å². The fraction of sp³-hybridized carbons (Fsp3) is 0.667. The highest BCUT2D eigenvalue weighted by atomic mass is 32.2. The number of amides is 1. The van der Waals surface area contributed by atoms with Gasteiger partial charge in [-0.15, -0.1) is 0 Å². The number of nitrogens with one attached hydrogen (secondary N) is 1. The lowest BCUT2D eigenvalue weighted by Gasteiger charge is -2.21. The van der Waals surface area contributed by atoms with Crippen LogP contribution in [0.3, 0.4) is 0 Å². The monoisotopic (exact) mass is 302 g/mol. The molecule has 0 aromatic carbocycles. The third-order valence-corrected chi connectivity index (χ3v) is 4.32. The van der Waals surface area contributed by atoms with E-state index in [1.165, 1.54) is 18.8 Å². The van der Waals surface area contributed by atoms with Crippen molar-refractivity contribution in [1.29, 1.82) is 0 Å². The molecule has 0 radical (unpaired) electrons. The molecule has 20 heavy (non-hydrogen) atoms. The molecule has 1 aliphatic rings. The zero-order chi connectivity index (χ0) is 14.4. The number of carbonyl (C=O) groups is 1. The van der Waals surface area contributed by atoms with E-state index < -0.39 is 21.7 Å². The second kappa shape index (κ2) is 6.85. The molecule has 0 unspecified atom stereocenters. The topological polar surface area (TPSA) is 98.5 Å². The Morgan fingerprint density at radius 1 is 1.40 bits per heavy atom. The van der Waals surface area contributed by atoms with Gasteiger partial charge in [0.2, 0.25) is 10.0 Å². The van der Waals surface area contributed by atoms with Crippen molar-refractivity contribution in [2.45, 2.75) is 44.0 Å². The highest BCUT2D eigenvalue weighted by molar-refractivity contribution is 7.89. The molecule has 0 bridgehead atoms. The summed E-state index contributed by atoms with van der Waals surface area (Å²) in [5.74, 6) is -1.04. The zero-order valence-electron chi connectivity index (χ0n) is 11.1. The Morgan fingerprint density at radius 2 is 2.15 bits per heavy atom. The third kappa shape index (κ3) is 4.93. The van der Waals surface area contributed by atoms with Gasteiger partial charge in [0.1, 0.15) is 24.3 Å². The van der Waals surface area contributed by atoms with Crippen LogP contribution in [0.15, 0.2) is 16.9 Å².